The van der Waals surface area contributed by atoms with Crippen molar-refractivity contribution in [3.63, 3.8) is 0 Å². The zero-order valence-electron chi connectivity index (χ0n) is 14.2. The Balaban J connectivity index is 1.50. The van der Waals surface area contributed by atoms with E-state index in [0.29, 0.717) is 18.7 Å². The highest BCUT2D eigenvalue weighted by molar-refractivity contribution is 5.74. The monoisotopic (exact) mass is 361 g/mol. The highest BCUT2D eigenvalue weighted by Gasteiger charge is 2.11. The van der Waals surface area contributed by atoms with Crippen molar-refractivity contribution >= 4 is 16.8 Å². The molecular formula is C17H15N9O. The van der Waals surface area contributed by atoms with Crippen LogP contribution in [0.25, 0.3) is 28.1 Å². The van der Waals surface area contributed by atoms with Crippen molar-refractivity contribution in [1.29, 1.82) is 0 Å². The molecule has 5 rings (SSSR count). The molecule has 0 aliphatic rings. The second-order valence-electron chi connectivity index (χ2n) is 6.10. The molecule has 0 radical (unpaired) electrons. The molecule has 10 heteroatoms. The molecule has 10 nitrogen and oxygen atoms in total. The van der Waals surface area contributed by atoms with E-state index < -0.39 is 0 Å². The van der Waals surface area contributed by atoms with E-state index in [0.717, 1.165) is 28.0 Å². The van der Waals surface area contributed by atoms with Crippen LogP contribution in [0.15, 0.2) is 49.2 Å². The van der Waals surface area contributed by atoms with Crippen LogP contribution in [0, 0.1) is 0 Å². The lowest BCUT2D eigenvalue weighted by Gasteiger charge is -2.04. The molecule has 0 amide bonds. The molecule has 134 valence electrons. The SMILES string of the molecule is OCCn1cc(-c2ccc3nnn(Cc4ccc5ncnn5c4)c3n2)cn1. The minimum Gasteiger partial charge on any atom is -0.394 e. The Labute approximate surface area is 152 Å². The van der Waals surface area contributed by atoms with E-state index in [2.05, 4.69) is 25.5 Å². The fourth-order valence-electron chi connectivity index (χ4n) is 2.97. The van der Waals surface area contributed by atoms with Gasteiger partial charge in [-0.25, -0.2) is 19.2 Å². The molecule has 5 aromatic heterocycles. The van der Waals surface area contributed by atoms with Gasteiger partial charge in [0.15, 0.2) is 11.3 Å². The van der Waals surface area contributed by atoms with Crippen LogP contribution in [0.2, 0.25) is 0 Å². The van der Waals surface area contributed by atoms with Gasteiger partial charge in [0.1, 0.15) is 11.8 Å². The molecule has 0 bridgehead atoms. The number of pyridine rings is 2. The first-order valence-electron chi connectivity index (χ1n) is 8.42. The second-order valence-corrected chi connectivity index (χ2v) is 6.10. The number of aliphatic hydroxyl groups is 1. The maximum absolute atomic E-state index is 9.04. The first kappa shape index (κ1) is 15.6. The number of aromatic nitrogens is 9. The van der Waals surface area contributed by atoms with E-state index in [1.165, 1.54) is 6.33 Å². The lowest BCUT2D eigenvalue weighted by molar-refractivity contribution is 0.269. The summed E-state index contributed by atoms with van der Waals surface area (Å²) in [5.41, 5.74) is 4.89. The van der Waals surface area contributed by atoms with Gasteiger partial charge in [0.2, 0.25) is 0 Å². The van der Waals surface area contributed by atoms with Gasteiger partial charge in [-0.3, -0.25) is 4.68 Å². The van der Waals surface area contributed by atoms with Gasteiger partial charge in [-0.15, -0.1) is 5.10 Å². The fourth-order valence-corrected chi connectivity index (χ4v) is 2.97. The number of rotatable bonds is 5. The summed E-state index contributed by atoms with van der Waals surface area (Å²) in [5.74, 6) is 0. The maximum Gasteiger partial charge on any atom is 0.179 e. The van der Waals surface area contributed by atoms with E-state index in [4.69, 9.17) is 10.1 Å². The summed E-state index contributed by atoms with van der Waals surface area (Å²) in [7, 11) is 0. The molecule has 0 saturated carbocycles. The predicted molar refractivity (Wildman–Crippen MR) is 95.7 cm³/mol. The molecule has 0 aromatic carbocycles. The lowest BCUT2D eigenvalue weighted by atomic mass is 10.2. The highest BCUT2D eigenvalue weighted by Crippen LogP contribution is 2.20. The number of nitrogens with zero attached hydrogens (tertiary/aromatic N) is 9. The molecule has 0 fully saturated rings. The minimum atomic E-state index is 0.0421. The quantitative estimate of drug-likeness (QED) is 0.492. The standard InChI is InChI=1S/C17H15N9O/c27-6-5-24-10-13(7-19-24)14-2-3-15-17(21-14)26(23-22-15)9-12-1-4-16-18-11-20-25(16)8-12/h1-4,7-8,10-11,27H,5-6,9H2. The summed E-state index contributed by atoms with van der Waals surface area (Å²) in [6.45, 7) is 1.01. The van der Waals surface area contributed by atoms with Crippen LogP contribution < -0.4 is 0 Å². The topological polar surface area (TPSA) is 112 Å². The van der Waals surface area contributed by atoms with E-state index in [-0.39, 0.29) is 6.61 Å². The average molecular weight is 361 g/mol. The average Bonchev–Trinajstić information content (AvgIpc) is 3.41. The molecule has 0 atom stereocenters. The Morgan fingerprint density at radius 3 is 2.93 bits per heavy atom. The summed E-state index contributed by atoms with van der Waals surface area (Å²) in [6.07, 6.45) is 7.03. The summed E-state index contributed by atoms with van der Waals surface area (Å²) in [4.78, 5) is 8.86. The predicted octanol–water partition coefficient (Wildman–Crippen LogP) is 0.773. The summed E-state index contributed by atoms with van der Waals surface area (Å²) in [5, 5.41) is 25.9. The van der Waals surface area contributed by atoms with E-state index in [1.54, 1.807) is 20.1 Å². The third kappa shape index (κ3) is 2.81. The first-order valence-corrected chi connectivity index (χ1v) is 8.42. The Bertz CT molecular complexity index is 1240. The van der Waals surface area contributed by atoms with Crippen molar-refractivity contribution in [2.45, 2.75) is 13.1 Å². The Hall–Kier alpha value is -3.66. The van der Waals surface area contributed by atoms with Crippen molar-refractivity contribution in [2.24, 2.45) is 0 Å². The fraction of sp³-hybridized carbons (Fsp3) is 0.176. The van der Waals surface area contributed by atoms with Crippen LogP contribution in [-0.4, -0.2) is 56.1 Å². The third-order valence-corrected chi connectivity index (χ3v) is 4.29. The number of fused-ring (bicyclic) bond motifs is 2. The van der Waals surface area contributed by atoms with Crippen LogP contribution in [0.3, 0.4) is 0 Å². The molecule has 0 aliphatic heterocycles. The first-order chi connectivity index (χ1) is 13.3. The van der Waals surface area contributed by atoms with Crippen molar-refractivity contribution in [2.75, 3.05) is 6.61 Å². The Morgan fingerprint density at radius 2 is 2.00 bits per heavy atom. The van der Waals surface area contributed by atoms with Gasteiger partial charge in [-0.1, -0.05) is 11.3 Å². The Kier molecular flexibility index (Phi) is 3.61. The molecule has 5 heterocycles. The van der Waals surface area contributed by atoms with E-state index >= 15 is 0 Å². The van der Waals surface area contributed by atoms with E-state index in [1.807, 2.05) is 36.7 Å². The van der Waals surface area contributed by atoms with Crippen LogP contribution in [-0.2, 0) is 13.1 Å². The maximum atomic E-state index is 9.04. The highest BCUT2D eigenvalue weighted by atomic mass is 16.3. The van der Waals surface area contributed by atoms with Gasteiger partial charge >= 0.3 is 0 Å². The van der Waals surface area contributed by atoms with Crippen LogP contribution in [0.4, 0.5) is 0 Å². The normalized spacial score (nSPS) is 11.6. The summed E-state index contributed by atoms with van der Waals surface area (Å²) >= 11 is 0. The molecule has 0 spiro atoms. The zero-order valence-corrected chi connectivity index (χ0v) is 14.2. The summed E-state index contributed by atoms with van der Waals surface area (Å²) < 4.78 is 5.17. The second kappa shape index (κ2) is 6.25. The van der Waals surface area contributed by atoms with Gasteiger partial charge < -0.3 is 5.11 Å². The van der Waals surface area contributed by atoms with Crippen molar-refractivity contribution in [3.8, 4) is 11.3 Å². The number of hydrogen-bond acceptors (Lipinski definition) is 7. The smallest absolute Gasteiger partial charge is 0.179 e. The third-order valence-electron chi connectivity index (χ3n) is 4.29. The van der Waals surface area contributed by atoms with Crippen LogP contribution >= 0.6 is 0 Å². The van der Waals surface area contributed by atoms with Gasteiger partial charge in [-0.2, -0.15) is 10.2 Å². The van der Waals surface area contributed by atoms with Crippen molar-refractivity contribution < 1.29 is 5.11 Å². The lowest BCUT2D eigenvalue weighted by Crippen LogP contribution is -2.04. The van der Waals surface area contributed by atoms with Crippen LogP contribution in [0.5, 0.6) is 0 Å². The molecule has 27 heavy (non-hydrogen) atoms. The van der Waals surface area contributed by atoms with Crippen molar-refractivity contribution in [3.05, 3.63) is 54.7 Å². The van der Waals surface area contributed by atoms with Gasteiger partial charge in [-0.05, 0) is 23.8 Å². The van der Waals surface area contributed by atoms with Gasteiger partial charge in [0, 0.05) is 18.0 Å². The van der Waals surface area contributed by atoms with Gasteiger partial charge in [0.05, 0.1) is 31.6 Å². The van der Waals surface area contributed by atoms with Crippen LogP contribution in [0.1, 0.15) is 5.56 Å². The molecule has 1 N–H and O–H groups in total. The number of hydrogen-bond donors (Lipinski definition) is 1. The zero-order chi connectivity index (χ0) is 18.2. The van der Waals surface area contributed by atoms with Crippen molar-refractivity contribution in [1.82, 2.24) is 44.4 Å². The largest absolute Gasteiger partial charge is 0.394 e. The van der Waals surface area contributed by atoms with Gasteiger partial charge in [0.25, 0.3) is 0 Å². The van der Waals surface area contributed by atoms with E-state index in [9.17, 15) is 0 Å². The number of aliphatic hydroxyl groups excluding tert-OH is 1. The molecular weight excluding hydrogens is 346 g/mol. The summed E-state index contributed by atoms with van der Waals surface area (Å²) in [6, 6.07) is 7.68. The molecule has 0 aliphatic carbocycles. The Morgan fingerprint density at radius 1 is 1.04 bits per heavy atom. The minimum absolute atomic E-state index is 0.0421. The molecule has 5 aromatic rings. The molecule has 0 unspecified atom stereocenters. The molecule has 0 saturated heterocycles.